The van der Waals surface area contributed by atoms with Gasteiger partial charge in [-0.1, -0.05) is 0 Å². The van der Waals surface area contributed by atoms with E-state index < -0.39 is 9.84 Å². The average Bonchev–Trinajstić information content (AvgIpc) is 2.74. The van der Waals surface area contributed by atoms with Gasteiger partial charge in [-0.3, -0.25) is 0 Å². The molecule has 1 aliphatic heterocycles. The number of nitrogens with one attached hydrogen (secondary N) is 1. The second-order valence-electron chi connectivity index (χ2n) is 4.43. The first-order chi connectivity index (χ1) is 7.57. The largest absolute Gasteiger partial charge is 0.468 e. The molecule has 1 atom stereocenters. The molecule has 1 fully saturated rings. The number of hydrogen-bond acceptors (Lipinski definition) is 4. The second kappa shape index (κ2) is 4.59. The van der Waals surface area contributed by atoms with Gasteiger partial charge in [0.05, 0.1) is 24.3 Å². The Kier molecular flexibility index (Phi) is 3.35. The molecule has 0 spiro atoms. The van der Waals surface area contributed by atoms with Crippen LogP contribution in [-0.2, 0) is 16.4 Å². The van der Waals surface area contributed by atoms with Crippen molar-refractivity contribution in [1.82, 2.24) is 5.32 Å². The molecule has 1 aromatic rings. The zero-order valence-electron chi connectivity index (χ0n) is 9.40. The zero-order chi connectivity index (χ0) is 11.6. The van der Waals surface area contributed by atoms with Gasteiger partial charge < -0.3 is 9.73 Å². The van der Waals surface area contributed by atoms with Crippen molar-refractivity contribution >= 4 is 9.84 Å². The first-order valence-corrected chi connectivity index (χ1v) is 7.33. The highest BCUT2D eigenvalue weighted by molar-refractivity contribution is 7.91. The van der Waals surface area contributed by atoms with Crippen LogP contribution in [0.2, 0.25) is 0 Å². The van der Waals surface area contributed by atoms with Crippen LogP contribution in [0.5, 0.6) is 0 Å². The predicted molar refractivity (Wildman–Crippen MR) is 61.9 cm³/mol. The van der Waals surface area contributed by atoms with Crippen LogP contribution in [0, 0.1) is 12.8 Å². The quantitative estimate of drug-likeness (QED) is 0.860. The first-order valence-electron chi connectivity index (χ1n) is 5.51. The van der Waals surface area contributed by atoms with Gasteiger partial charge in [-0.15, -0.1) is 0 Å². The molecule has 0 radical (unpaired) electrons. The summed E-state index contributed by atoms with van der Waals surface area (Å²) in [5.41, 5.74) is 1.13. The third kappa shape index (κ3) is 2.86. The van der Waals surface area contributed by atoms with E-state index in [9.17, 15) is 8.42 Å². The van der Waals surface area contributed by atoms with Gasteiger partial charge in [0.2, 0.25) is 0 Å². The summed E-state index contributed by atoms with van der Waals surface area (Å²) in [6.07, 6.45) is 2.46. The van der Waals surface area contributed by atoms with Gasteiger partial charge in [-0.05, 0) is 37.4 Å². The lowest BCUT2D eigenvalue weighted by molar-refractivity contribution is 0.454. The third-order valence-corrected chi connectivity index (χ3v) is 4.85. The summed E-state index contributed by atoms with van der Waals surface area (Å²) in [6, 6.07) is 1.93. The predicted octanol–water partition coefficient (Wildman–Crippen LogP) is 1.11. The van der Waals surface area contributed by atoms with Gasteiger partial charge in [-0.25, -0.2) is 8.42 Å². The van der Waals surface area contributed by atoms with Gasteiger partial charge in [0.15, 0.2) is 9.84 Å². The molecule has 1 saturated heterocycles. The summed E-state index contributed by atoms with van der Waals surface area (Å²) in [7, 11) is -2.75. The second-order valence-corrected chi connectivity index (χ2v) is 6.66. The minimum absolute atomic E-state index is 0.264. The molecule has 1 N–H and O–H groups in total. The van der Waals surface area contributed by atoms with Crippen molar-refractivity contribution in [1.29, 1.82) is 0 Å². The summed E-state index contributed by atoms with van der Waals surface area (Å²) in [6.45, 7) is 3.43. The Morgan fingerprint density at radius 1 is 1.56 bits per heavy atom. The molecule has 5 heteroatoms. The standard InChI is InChI=1S/C11H17NO3S/c1-9-2-4-15-11(9)7-12-6-10-3-5-16(13,14)8-10/h2,4,10,12H,3,5-8H2,1H3. The monoisotopic (exact) mass is 243 g/mol. The van der Waals surface area contributed by atoms with E-state index in [1.54, 1.807) is 6.26 Å². The van der Waals surface area contributed by atoms with E-state index in [0.717, 1.165) is 24.3 Å². The maximum absolute atomic E-state index is 11.2. The smallest absolute Gasteiger partial charge is 0.150 e. The molecule has 0 saturated carbocycles. The molecule has 4 nitrogen and oxygen atoms in total. The van der Waals surface area contributed by atoms with Crippen LogP contribution in [0.3, 0.4) is 0 Å². The highest BCUT2D eigenvalue weighted by atomic mass is 32.2. The van der Waals surface area contributed by atoms with Crippen LogP contribution < -0.4 is 5.32 Å². The third-order valence-electron chi connectivity index (χ3n) is 3.01. The summed E-state index contributed by atoms with van der Waals surface area (Å²) < 4.78 is 27.8. The number of rotatable bonds is 4. The number of hydrogen-bond donors (Lipinski definition) is 1. The maximum Gasteiger partial charge on any atom is 0.150 e. The SMILES string of the molecule is Cc1ccoc1CNCC1CCS(=O)(=O)C1. The average molecular weight is 243 g/mol. The van der Waals surface area contributed by atoms with E-state index in [1.165, 1.54) is 0 Å². The van der Waals surface area contributed by atoms with E-state index in [0.29, 0.717) is 18.1 Å². The highest BCUT2D eigenvalue weighted by Gasteiger charge is 2.27. The zero-order valence-corrected chi connectivity index (χ0v) is 10.2. The molecule has 1 aliphatic rings. The normalized spacial score (nSPS) is 23.7. The Labute approximate surface area is 95.9 Å². The Hall–Kier alpha value is -0.810. The molecule has 2 heterocycles. The van der Waals surface area contributed by atoms with E-state index in [4.69, 9.17) is 4.42 Å². The fourth-order valence-corrected chi connectivity index (χ4v) is 3.87. The van der Waals surface area contributed by atoms with Crippen LogP contribution in [0.1, 0.15) is 17.7 Å². The Bertz CT molecular complexity index is 450. The van der Waals surface area contributed by atoms with Crippen molar-refractivity contribution in [3.63, 3.8) is 0 Å². The summed E-state index contributed by atoms with van der Waals surface area (Å²) in [4.78, 5) is 0. The van der Waals surface area contributed by atoms with Crippen LogP contribution in [0.4, 0.5) is 0 Å². The van der Waals surface area contributed by atoms with Crippen molar-refractivity contribution in [2.24, 2.45) is 5.92 Å². The van der Waals surface area contributed by atoms with Crippen LogP contribution in [0.15, 0.2) is 16.7 Å². The minimum Gasteiger partial charge on any atom is -0.468 e. The number of furan rings is 1. The topological polar surface area (TPSA) is 59.3 Å². The van der Waals surface area contributed by atoms with Gasteiger partial charge >= 0.3 is 0 Å². The van der Waals surface area contributed by atoms with E-state index in [1.807, 2.05) is 13.0 Å². The molecule has 0 bridgehead atoms. The van der Waals surface area contributed by atoms with Crippen molar-refractivity contribution < 1.29 is 12.8 Å². The van der Waals surface area contributed by atoms with Gasteiger partial charge in [-0.2, -0.15) is 0 Å². The minimum atomic E-state index is -2.75. The lowest BCUT2D eigenvalue weighted by atomic mass is 10.1. The van der Waals surface area contributed by atoms with Crippen molar-refractivity contribution in [3.8, 4) is 0 Å². The molecule has 1 unspecified atom stereocenters. The summed E-state index contributed by atoms with van der Waals surface area (Å²) in [5.74, 6) is 1.87. The molecule has 1 aromatic heterocycles. The maximum atomic E-state index is 11.2. The van der Waals surface area contributed by atoms with Crippen LogP contribution in [0.25, 0.3) is 0 Å². The van der Waals surface area contributed by atoms with Crippen molar-refractivity contribution in [2.75, 3.05) is 18.1 Å². The van der Waals surface area contributed by atoms with E-state index in [-0.39, 0.29) is 5.92 Å². The van der Waals surface area contributed by atoms with Crippen molar-refractivity contribution in [2.45, 2.75) is 19.9 Å². The van der Waals surface area contributed by atoms with Gasteiger partial charge in [0, 0.05) is 0 Å². The lowest BCUT2D eigenvalue weighted by Gasteiger charge is -2.08. The lowest BCUT2D eigenvalue weighted by Crippen LogP contribution is -2.23. The summed E-state index contributed by atoms with van der Waals surface area (Å²) >= 11 is 0. The Balaban J connectivity index is 1.75. The van der Waals surface area contributed by atoms with E-state index >= 15 is 0 Å². The van der Waals surface area contributed by atoms with Crippen LogP contribution in [-0.4, -0.2) is 26.5 Å². The fourth-order valence-electron chi connectivity index (χ4n) is 2.01. The highest BCUT2D eigenvalue weighted by Crippen LogP contribution is 2.17. The molecule has 0 aromatic carbocycles. The molecule has 0 amide bonds. The van der Waals surface area contributed by atoms with Crippen molar-refractivity contribution in [3.05, 3.63) is 23.7 Å². The summed E-state index contributed by atoms with van der Waals surface area (Å²) in [5, 5.41) is 3.25. The molecule has 2 rings (SSSR count). The fraction of sp³-hybridized carbons (Fsp3) is 0.636. The van der Waals surface area contributed by atoms with Crippen LogP contribution >= 0.6 is 0 Å². The molecular weight excluding hydrogens is 226 g/mol. The van der Waals surface area contributed by atoms with Gasteiger partial charge in [0.25, 0.3) is 0 Å². The molecule has 0 aliphatic carbocycles. The number of sulfone groups is 1. The molecule has 16 heavy (non-hydrogen) atoms. The number of aryl methyl sites for hydroxylation is 1. The molecule has 90 valence electrons. The Morgan fingerprint density at radius 2 is 2.38 bits per heavy atom. The van der Waals surface area contributed by atoms with E-state index in [2.05, 4.69) is 5.32 Å². The molecular formula is C11H17NO3S. The van der Waals surface area contributed by atoms with Gasteiger partial charge in [0.1, 0.15) is 5.76 Å². The first kappa shape index (κ1) is 11.7. The Morgan fingerprint density at radius 3 is 2.94 bits per heavy atom.